The van der Waals surface area contributed by atoms with Crippen molar-refractivity contribution < 1.29 is 10.3 Å². The highest BCUT2D eigenvalue weighted by Crippen LogP contribution is 2.20. The molecule has 1 aliphatic heterocycles. The topological polar surface area (TPSA) is 99.9 Å². The summed E-state index contributed by atoms with van der Waals surface area (Å²) < 4.78 is 1.73. The van der Waals surface area contributed by atoms with Crippen LogP contribution in [0.5, 0.6) is 0 Å². The molecule has 0 spiro atoms. The lowest BCUT2D eigenvalue weighted by Crippen LogP contribution is -2.33. The van der Waals surface area contributed by atoms with Gasteiger partial charge in [0.25, 0.3) is 0 Å². The van der Waals surface area contributed by atoms with E-state index in [1.165, 1.54) is 0 Å². The van der Waals surface area contributed by atoms with Crippen LogP contribution in [-0.4, -0.2) is 56.6 Å². The Balaban J connectivity index is 1.99. The Morgan fingerprint density at radius 2 is 2.38 bits per heavy atom. The summed E-state index contributed by atoms with van der Waals surface area (Å²) in [6.07, 6.45) is 3.02. The average Bonchev–Trinajstić information content (AvgIpc) is 2.87. The van der Waals surface area contributed by atoms with Crippen LogP contribution in [0.4, 0.5) is 0 Å². The number of nitrogens with zero attached hydrogens (tertiary/aromatic N) is 4. The summed E-state index contributed by atoms with van der Waals surface area (Å²) in [4.78, 5) is 1.92. The Morgan fingerprint density at radius 3 is 3.00 bits per heavy atom. The molecule has 1 saturated heterocycles. The van der Waals surface area contributed by atoms with E-state index in [-0.39, 0.29) is 11.9 Å². The van der Waals surface area contributed by atoms with Gasteiger partial charge in [-0.15, -0.1) is 0 Å². The van der Waals surface area contributed by atoms with Crippen molar-refractivity contribution in [1.82, 2.24) is 14.7 Å². The molecule has 7 nitrogen and oxygen atoms in total. The lowest BCUT2D eigenvalue weighted by Gasteiger charge is -2.14. The highest BCUT2D eigenvalue weighted by Gasteiger charge is 2.33. The lowest BCUT2D eigenvalue weighted by atomic mass is 10.2. The molecular formula is C9H15N5O2. The number of nitrogens with two attached hydrogens (primary N) is 1. The smallest absolute Gasteiger partial charge is 0.153 e. The van der Waals surface area contributed by atoms with Crippen LogP contribution in [0.25, 0.3) is 0 Å². The van der Waals surface area contributed by atoms with E-state index < -0.39 is 6.10 Å². The molecule has 88 valence electrons. The van der Waals surface area contributed by atoms with Crippen molar-refractivity contribution in [3.63, 3.8) is 0 Å². The van der Waals surface area contributed by atoms with Crippen molar-refractivity contribution in [2.75, 3.05) is 19.6 Å². The Kier molecular flexibility index (Phi) is 3.07. The van der Waals surface area contributed by atoms with E-state index in [1.54, 1.807) is 10.9 Å². The Bertz CT molecular complexity index is 364. The second-order valence-electron chi connectivity index (χ2n) is 3.91. The van der Waals surface area contributed by atoms with E-state index in [1.807, 2.05) is 17.2 Å². The van der Waals surface area contributed by atoms with E-state index in [2.05, 4.69) is 10.3 Å². The van der Waals surface area contributed by atoms with Gasteiger partial charge in [-0.25, -0.2) is 0 Å². The van der Waals surface area contributed by atoms with E-state index >= 15 is 0 Å². The van der Waals surface area contributed by atoms with Crippen LogP contribution >= 0.6 is 0 Å². The molecular weight excluding hydrogens is 210 g/mol. The fourth-order valence-electron chi connectivity index (χ4n) is 1.97. The van der Waals surface area contributed by atoms with Gasteiger partial charge < -0.3 is 16.0 Å². The van der Waals surface area contributed by atoms with Crippen molar-refractivity contribution in [1.29, 1.82) is 0 Å². The van der Waals surface area contributed by atoms with Gasteiger partial charge in [0.05, 0.1) is 18.7 Å². The molecule has 0 aliphatic carbocycles. The molecule has 2 rings (SSSR count). The minimum Gasteiger partial charge on any atom is -0.409 e. The van der Waals surface area contributed by atoms with Gasteiger partial charge in [-0.05, 0) is 6.07 Å². The molecule has 1 aliphatic rings. The number of amidine groups is 1. The van der Waals surface area contributed by atoms with Crippen LogP contribution in [0.3, 0.4) is 0 Å². The molecule has 16 heavy (non-hydrogen) atoms. The van der Waals surface area contributed by atoms with Gasteiger partial charge in [0, 0.05) is 25.5 Å². The van der Waals surface area contributed by atoms with Crippen LogP contribution in [0.1, 0.15) is 6.04 Å². The molecule has 0 saturated carbocycles. The number of aliphatic hydroxyl groups is 1. The van der Waals surface area contributed by atoms with Crippen LogP contribution in [-0.2, 0) is 0 Å². The highest BCUT2D eigenvalue weighted by atomic mass is 16.4. The molecule has 0 unspecified atom stereocenters. The molecule has 7 heteroatoms. The van der Waals surface area contributed by atoms with E-state index in [0.29, 0.717) is 19.6 Å². The quantitative estimate of drug-likeness (QED) is 0.261. The van der Waals surface area contributed by atoms with Gasteiger partial charge in [0.15, 0.2) is 5.84 Å². The van der Waals surface area contributed by atoms with Crippen molar-refractivity contribution >= 4 is 5.84 Å². The first kappa shape index (κ1) is 10.9. The van der Waals surface area contributed by atoms with Gasteiger partial charge in [-0.3, -0.25) is 9.58 Å². The maximum atomic E-state index is 9.87. The van der Waals surface area contributed by atoms with Crippen molar-refractivity contribution in [2.45, 2.75) is 12.1 Å². The maximum absolute atomic E-state index is 9.87. The molecule has 1 aromatic rings. The average molecular weight is 225 g/mol. The van der Waals surface area contributed by atoms with Crippen molar-refractivity contribution in [2.24, 2.45) is 10.9 Å². The van der Waals surface area contributed by atoms with Gasteiger partial charge in [-0.2, -0.15) is 5.10 Å². The van der Waals surface area contributed by atoms with Crippen molar-refractivity contribution in [3.8, 4) is 0 Å². The second kappa shape index (κ2) is 4.50. The van der Waals surface area contributed by atoms with Gasteiger partial charge in [0.1, 0.15) is 0 Å². The largest absolute Gasteiger partial charge is 0.409 e. The van der Waals surface area contributed by atoms with E-state index in [4.69, 9.17) is 10.9 Å². The Labute approximate surface area is 92.8 Å². The molecule has 4 N–H and O–H groups in total. The number of likely N-dealkylation sites (tertiary alicyclic amines) is 1. The molecule has 2 heterocycles. The zero-order chi connectivity index (χ0) is 11.5. The van der Waals surface area contributed by atoms with Gasteiger partial charge >= 0.3 is 0 Å². The summed E-state index contributed by atoms with van der Waals surface area (Å²) in [5.74, 6) is 0.147. The van der Waals surface area contributed by atoms with E-state index in [0.717, 1.165) is 0 Å². The Morgan fingerprint density at radius 1 is 1.56 bits per heavy atom. The number of rotatable bonds is 3. The summed E-state index contributed by atoms with van der Waals surface area (Å²) in [6.45, 7) is 1.49. The van der Waals surface area contributed by atoms with Crippen LogP contribution < -0.4 is 5.73 Å². The van der Waals surface area contributed by atoms with Crippen molar-refractivity contribution in [3.05, 3.63) is 18.5 Å². The zero-order valence-corrected chi connectivity index (χ0v) is 8.77. The Hall–Kier alpha value is -1.60. The molecule has 0 radical (unpaired) electrons. The van der Waals surface area contributed by atoms with Gasteiger partial charge in [-0.1, -0.05) is 5.16 Å². The van der Waals surface area contributed by atoms with E-state index in [9.17, 15) is 5.11 Å². The second-order valence-corrected chi connectivity index (χ2v) is 3.91. The highest BCUT2D eigenvalue weighted by molar-refractivity contribution is 5.81. The third kappa shape index (κ3) is 2.15. The monoisotopic (exact) mass is 225 g/mol. The fourth-order valence-corrected chi connectivity index (χ4v) is 1.97. The number of aromatic nitrogens is 2. The fraction of sp³-hybridized carbons (Fsp3) is 0.556. The normalized spacial score (nSPS) is 27.4. The molecule has 0 aromatic carbocycles. The molecule has 1 aromatic heterocycles. The first-order valence-electron chi connectivity index (χ1n) is 5.06. The summed E-state index contributed by atoms with van der Waals surface area (Å²) in [5, 5.41) is 25.4. The maximum Gasteiger partial charge on any atom is 0.153 e. The minimum atomic E-state index is -0.480. The SMILES string of the molecule is NC(CN1C[C@@H](O)[C@H](n2cccn2)C1)=NO. The predicted molar refractivity (Wildman–Crippen MR) is 57.1 cm³/mol. The first-order chi connectivity index (χ1) is 7.70. The first-order valence-corrected chi connectivity index (χ1v) is 5.06. The number of hydrogen-bond donors (Lipinski definition) is 3. The van der Waals surface area contributed by atoms with Crippen LogP contribution in [0.15, 0.2) is 23.6 Å². The minimum absolute atomic E-state index is 0.0681. The number of oxime groups is 1. The molecule has 0 amide bonds. The third-order valence-electron chi connectivity index (χ3n) is 2.71. The number of hydrogen-bond acceptors (Lipinski definition) is 5. The van der Waals surface area contributed by atoms with Crippen LogP contribution in [0.2, 0.25) is 0 Å². The third-order valence-corrected chi connectivity index (χ3v) is 2.71. The number of aliphatic hydroxyl groups excluding tert-OH is 1. The standard InChI is InChI=1S/C9H15N5O2/c10-9(12-16)6-13-4-7(8(15)5-13)14-3-1-2-11-14/h1-3,7-8,15-16H,4-6H2,(H2,10,12)/t7-,8-/m1/s1. The summed E-state index contributed by atoms with van der Waals surface area (Å²) in [5.41, 5.74) is 5.42. The summed E-state index contributed by atoms with van der Waals surface area (Å²) >= 11 is 0. The zero-order valence-electron chi connectivity index (χ0n) is 8.77. The molecule has 1 fully saturated rings. The predicted octanol–water partition coefficient (Wildman–Crippen LogP) is -1.15. The molecule has 2 atom stereocenters. The van der Waals surface area contributed by atoms with Gasteiger partial charge in [0.2, 0.25) is 0 Å². The molecule has 0 bridgehead atoms. The summed E-state index contributed by atoms with van der Waals surface area (Å²) in [7, 11) is 0. The lowest BCUT2D eigenvalue weighted by molar-refractivity contribution is 0.140. The van der Waals surface area contributed by atoms with Crippen LogP contribution in [0, 0.1) is 0 Å². The number of β-amino-alcohol motifs (C(OH)–C–C–N with tert-alkyl or cyclic N) is 1. The summed E-state index contributed by atoms with van der Waals surface area (Å²) in [6, 6.07) is 1.75.